The van der Waals surface area contributed by atoms with Crippen molar-refractivity contribution in [1.82, 2.24) is 0 Å². The fourth-order valence-electron chi connectivity index (χ4n) is 3.28. The van der Waals surface area contributed by atoms with Crippen molar-refractivity contribution >= 4 is 9.52 Å². The monoisotopic (exact) mass is 487 g/mol. The first kappa shape index (κ1) is 26.5. The maximum Gasteiger partial charge on any atom is 2.00 e. The molecule has 4 rings (SSSR count). The molecule has 2 aliphatic carbocycles. The SMILES string of the molecule is CC1=[C-]C=C(Cc2ccccc2)C1.CC1=[C-]C=C(Cc2ccccc2)C1.C[SiH]C.[Zr+2]. The molecular formula is C28H33SiZr. The summed E-state index contributed by atoms with van der Waals surface area (Å²) >= 11 is 0. The molecule has 2 aromatic rings. The van der Waals surface area contributed by atoms with E-state index in [-0.39, 0.29) is 26.2 Å². The Kier molecular flexibility index (Phi) is 13.6. The largest absolute Gasteiger partial charge is 2.00 e. The summed E-state index contributed by atoms with van der Waals surface area (Å²) in [7, 11) is 0.750. The molecule has 0 N–H and O–H groups in total. The molecule has 153 valence electrons. The summed E-state index contributed by atoms with van der Waals surface area (Å²) in [5, 5.41) is 0. The molecule has 2 heteroatoms. The van der Waals surface area contributed by atoms with Crippen molar-refractivity contribution in [3.05, 3.63) is 118 Å². The molecule has 0 unspecified atom stereocenters. The molecule has 30 heavy (non-hydrogen) atoms. The van der Waals surface area contributed by atoms with Gasteiger partial charge in [-0.15, -0.1) is 0 Å². The fourth-order valence-corrected chi connectivity index (χ4v) is 3.28. The van der Waals surface area contributed by atoms with Crippen molar-refractivity contribution in [3.8, 4) is 0 Å². The third kappa shape index (κ3) is 10.5. The van der Waals surface area contributed by atoms with Crippen LogP contribution in [0.2, 0.25) is 13.1 Å². The summed E-state index contributed by atoms with van der Waals surface area (Å²) in [6.07, 6.45) is 15.1. The zero-order chi connectivity index (χ0) is 20.9. The molecule has 0 bridgehead atoms. The normalized spacial score (nSPS) is 14.0. The van der Waals surface area contributed by atoms with Gasteiger partial charge >= 0.3 is 26.2 Å². The van der Waals surface area contributed by atoms with Crippen molar-refractivity contribution in [2.24, 2.45) is 0 Å². The molecule has 0 fully saturated rings. The third-order valence-electron chi connectivity index (χ3n) is 4.58. The van der Waals surface area contributed by atoms with Gasteiger partial charge in [0, 0.05) is 9.52 Å². The molecule has 1 radical (unpaired) electrons. The molecule has 0 spiro atoms. The topological polar surface area (TPSA) is 0 Å². The van der Waals surface area contributed by atoms with E-state index in [0.29, 0.717) is 0 Å². The van der Waals surface area contributed by atoms with E-state index >= 15 is 0 Å². The summed E-state index contributed by atoms with van der Waals surface area (Å²) < 4.78 is 0. The molecule has 2 aromatic carbocycles. The van der Waals surface area contributed by atoms with Gasteiger partial charge in [0.1, 0.15) is 0 Å². The predicted octanol–water partition coefficient (Wildman–Crippen LogP) is 7.13. The van der Waals surface area contributed by atoms with Crippen LogP contribution in [-0.4, -0.2) is 9.52 Å². The Morgan fingerprint density at radius 2 is 1.00 bits per heavy atom. The van der Waals surface area contributed by atoms with Crippen molar-refractivity contribution in [1.29, 1.82) is 0 Å². The number of hydrogen-bond donors (Lipinski definition) is 0. The Hall–Kier alpha value is -1.50. The summed E-state index contributed by atoms with van der Waals surface area (Å²) in [6.45, 7) is 8.68. The van der Waals surface area contributed by atoms with E-state index in [4.69, 9.17) is 0 Å². The standard InChI is InChI=1S/2C13H13.C2H7Si.Zr/c2*1-11-7-8-13(9-11)10-12-5-3-2-4-6-12;1-3-2;/h2*2-6,8H,9-10H2,1H3;3H,1-2H3;/q2*-1;;+2. The number of hydrogen-bond acceptors (Lipinski definition) is 0. The Balaban J connectivity index is 0.000000258. The van der Waals surface area contributed by atoms with Gasteiger partial charge in [-0.3, -0.25) is 12.2 Å². The minimum absolute atomic E-state index is 0. The minimum Gasteiger partial charge on any atom is -0.253 e. The molecular weight excluding hydrogens is 456 g/mol. The van der Waals surface area contributed by atoms with Gasteiger partial charge in [0.05, 0.1) is 0 Å². The quantitative estimate of drug-likeness (QED) is 0.317. The summed E-state index contributed by atoms with van der Waals surface area (Å²) in [5.74, 6) is 0. The molecule has 0 saturated carbocycles. The van der Waals surface area contributed by atoms with Crippen molar-refractivity contribution in [3.63, 3.8) is 0 Å². The first-order valence-electron chi connectivity index (χ1n) is 10.5. The Morgan fingerprint density at radius 1 is 0.667 bits per heavy atom. The van der Waals surface area contributed by atoms with Gasteiger partial charge in [-0.2, -0.15) is 11.1 Å². The van der Waals surface area contributed by atoms with Gasteiger partial charge < -0.3 is 0 Å². The Labute approximate surface area is 205 Å². The van der Waals surface area contributed by atoms with E-state index < -0.39 is 0 Å². The van der Waals surface area contributed by atoms with Crippen LogP contribution in [0, 0.1) is 12.2 Å². The zero-order valence-electron chi connectivity index (χ0n) is 18.8. The van der Waals surface area contributed by atoms with Crippen LogP contribution in [0.4, 0.5) is 0 Å². The van der Waals surface area contributed by atoms with Crippen LogP contribution in [0.1, 0.15) is 37.8 Å². The molecule has 2 aliphatic rings. The van der Waals surface area contributed by atoms with E-state index in [9.17, 15) is 0 Å². The van der Waals surface area contributed by atoms with Gasteiger partial charge in [-0.1, -0.05) is 124 Å². The smallest absolute Gasteiger partial charge is 0.253 e. The maximum absolute atomic E-state index is 3.24. The van der Waals surface area contributed by atoms with Gasteiger partial charge in [0.15, 0.2) is 0 Å². The summed E-state index contributed by atoms with van der Waals surface area (Å²) in [5.41, 5.74) is 8.44. The molecule has 0 amide bonds. The summed E-state index contributed by atoms with van der Waals surface area (Å²) in [4.78, 5) is 0. The molecule has 0 atom stereocenters. The summed E-state index contributed by atoms with van der Waals surface area (Å²) in [6, 6.07) is 21.2. The second-order valence-corrected chi connectivity index (χ2v) is 8.86. The Morgan fingerprint density at radius 3 is 1.27 bits per heavy atom. The van der Waals surface area contributed by atoms with E-state index in [1.165, 1.54) is 33.4 Å². The molecule has 0 aromatic heterocycles. The second kappa shape index (κ2) is 15.3. The van der Waals surface area contributed by atoms with Crippen molar-refractivity contribution < 1.29 is 26.2 Å². The third-order valence-corrected chi connectivity index (χ3v) is 4.58. The van der Waals surface area contributed by atoms with Gasteiger partial charge in [0.25, 0.3) is 0 Å². The van der Waals surface area contributed by atoms with Crippen molar-refractivity contribution in [2.75, 3.05) is 0 Å². The van der Waals surface area contributed by atoms with Gasteiger partial charge in [-0.05, 0) is 0 Å². The van der Waals surface area contributed by atoms with Crippen LogP contribution >= 0.6 is 0 Å². The van der Waals surface area contributed by atoms with E-state index in [1.54, 1.807) is 0 Å². The number of allylic oxidation sites excluding steroid dienone is 8. The fraction of sp³-hybridized carbons (Fsp3) is 0.286. The maximum atomic E-state index is 3.24. The van der Waals surface area contributed by atoms with Crippen molar-refractivity contribution in [2.45, 2.75) is 52.6 Å². The first-order valence-corrected chi connectivity index (χ1v) is 12.8. The Bertz CT molecular complexity index is 785. The van der Waals surface area contributed by atoms with Crippen LogP contribution in [0.15, 0.2) is 95.1 Å². The molecule has 0 nitrogen and oxygen atoms in total. The van der Waals surface area contributed by atoms with Crippen LogP contribution in [0.5, 0.6) is 0 Å². The average Bonchev–Trinajstić information content (AvgIpc) is 3.32. The van der Waals surface area contributed by atoms with Crippen LogP contribution in [0.25, 0.3) is 0 Å². The van der Waals surface area contributed by atoms with Gasteiger partial charge in [-0.25, -0.2) is 23.3 Å². The predicted molar refractivity (Wildman–Crippen MR) is 129 cm³/mol. The number of rotatable bonds is 4. The first-order chi connectivity index (χ1) is 14.1. The molecule has 0 aliphatic heterocycles. The van der Waals surface area contributed by atoms with Crippen LogP contribution in [0.3, 0.4) is 0 Å². The zero-order valence-corrected chi connectivity index (χ0v) is 22.4. The van der Waals surface area contributed by atoms with Crippen LogP contribution in [-0.2, 0) is 39.0 Å². The molecule has 0 saturated heterocycles. The minimum atomic E-state index is 0. The molecule has 0 heterocycles. The van der Waals surface area contributed by atoms with E-state index in [0.717, 1.165) is 35.2 Å². The average molecular weight is 489 g/mol. The van der Waals surface area contributed by atoms with E-state index in [2.05, 4.69) is 112 Å². The van der Waals surface area contributed by atoms with Crippen LogP contribution < -0.4 is 0 Å². The number of benzene rings is 2. The second-order valence-electron chi connectivity index (χ2n) is 7.71. The van der Waals surface area contributed by atoms with Gasteiger partial charge in [0.2, 0.25) is 0 Å². The van der Waals surface area contributed by atoms with E-state index in [1.807, 2.05) is 0 Å².